The zero-order valence-electron chi connectivity index (χ0n) is 15.4. The summed E-state index contributed by atoms with van der Waals surface area (Å²) in [6.45, 7) is 12.7. The van der Waals surface area contributed by atoms with Gasteiger partial charge in [0.15, 0.2) is 5.82 Å². The molecule has 0 aliphatic carbocycles. The Bertz CT molecular complexity index is 690. The summed E-state index contributed by atoms with van der Waals surface area (Å²) in [5, 5.41) is 13.3. The van der Waals surface area contributed by atoms with Crippen molar-refractivity contribution in [3.05, 3.63) is 35.1 Å². The maximum absolute atomic E-state index is 6.14. The lowest BCUT2D eigenvalue weighted by Gasteiger charge is -2.41. The Hall–Kier alpha value is -1.66. The highest BCUT2D eigenvalue weighted by atomic mass is 35.5. The van der Waals surface area contributed by atoms with Crippen molar-refractivity contribution in [3.8, 4) is 0 Å². The molecule has 25 heavy (non-hydrogen) atoms. The first kappa shape index (κ1) is 18.1. The van der Waals surface area contributed by atoms with Crippen LogP contribution >= 0.6 is 11.6 Å². The van der Waals surface area contributed by atoms with Crippen LogP contribution in [0.1, 0.15) is 45.6 Å². The quantitative estimate of drug-likeness (QED) is 0.815. The van der Waals surface area contributed by atoms with Crippen molar-refractivity contribution >= 4 is 17.3 Å². The number of anilines is 1. The van der Waals surface area contributed by atoms with E-state index >= 15 is 0 Å². The predicted molar refractivity (Wildman–Crippen MR) is 101 cm³/mol. The summed E-state index contributed by atoms with van der Waals surface area (Å²) in [5.74, 6) is 1.42. The third-order valence-corrected chi connectivity index (χ3v) is 5.02. The minimum absolute atomic E-state index is 0.235. The van der Waals surface area contributed by atoms with Gasteiger partial charge in [0.25, 0.3) is 0 Å². The average molecular weight is 363 g/mol. The van der Waals surface area contributed by atoms with E-state index < -0.39 is 0 Å². The van der Waals surface area contributed by atoms with Crippen molar-refractivity contribution in [2.45, 2.75) is 39.8 Å². The molecular weight excluding hydrogens is 336 g/mol. The fraction of sp³-hybridized carbons (Fsp3) is 0.611. The lowest BCUT2D eigenvalue weighted by molar-refractivity contribution is 0.133. The smallest absolute Gasteiger partial charge is 0.168 e. The van der Waals surface area contributed by atoms with Gasteiger partial charge in [-0.25, -0.2) is 4.68 Å². The standard InChI is InChI=1S/C18H27ClN6/c1-13(2)17(18-20-21-22-25(18)14(3)4)24-10-8-23(9-11-24)16-7-5-6-15(19)12-16/h5-7,12-14,17H,8-11H2,1-4H3/t17-/m0/s1. The van der Waals surface area contributed by atoms with Gasteiger partial charge in [0.1, 0.15) is 0 Å². The van der Waals surface area contributed by atoms with Gasteiger partial charge in [-0.05, 0) is 48.4 Å². The van der Waals surface area contributed by atoms with Gasteiger partial charge < -0.3 is 4.90 Å². The van der Waals surface area contributed by atoms with E-state index in [-0.39, 0.29) is 12.1 Å². The van der Waals surface area contributed by atoms with Crippen LogP contribution in [0.15, 0.2) is 24.3 Å². The molecule has 2 aromatic rings. The first-order valence-electron chi connectivity index (χ1n) is 8.99. The Balaban J connectivity index is 1.74. The highest BCUT2D eigenvalue weighted by Gasteiger charge is 2.31. The van der Waals surface area contributed by atoms with Gasteiger partial charge in [-0.3, -0.25) is 4.90 Å². The first-order valence-corrected chi connectivity index (χ1v) is 9.37. The topological polar surface area (TPSA) is 50.1 Å². The Labute approximate surface area is 154 Å². The Morgan fingerprint density at radius 2 is 1.76 bits per heavy atom. The maximum Gasteiger partial charge on any atom is 0.168 e. The van der Waals surface area contributed by atoms with Gasteiger partial charge in [-0.15, -0.1) is 5.10 Å². The van der Waals surface area contributed by atoms with Crippen LogP contribution in [0, 0.1) is 5.92 Å². The number of hydrogen-bond donors (Lipinski definition) is 0. The molecule has 1 aliphatic rings. The molecule has 1 aliphatic heterocycles. The molecule has 3 rings (SSSR count). The molecule has 6 nitrogen and oxygen atoms in total. The minimum Gasteiger partial charge on any atom is -0.369 e. The molecule has 1 aromatic heterocycles. The number of aromatic nitrogens is 4. The molecule has 7 heteroatoms. The first-order chi connectivity index (χ1) is 12.0. The predicted octanol–water partition coefficient (Wildman–Crippen LogP) is 3.43. The third-order valence-electron chi connectivity index (χ3n) is 4.78. The van der Waals surface area contributed by atoms with Crippen molar-refractivity contribution in [2.24, 2.45) is 5.92 Å². The highest BCUT2D eigenvalue weighted by Crippen LogP contribution is 2.30. The lowest BCUT2D eigenvalue weighted by Crippen LogP contribution is -2.49. The maximum atomic E-state index is 6.14. The summed E-state index contributed by atoms with van der Waals surface area (Å²) >= 11 is 6.14. The van der Waals surface area contributed by atoms with Crippen LogP contribution in [0.2, 0.25) is 5.02 Å². The zero-order valence-corrected chi connectivity index (χ0v) is 16.2. The summed E-state index contributed by atoms with van der Waals surface area (Å²) in [4.78, 5) is 4.90. The monoisotopic (exact) mass is 362 g/mol. The van der Waals surface area contributed by atoms with Crippen molar-refractivity contribution in [2.75, 3.05) is 31.1 Å². The average Bonchev–Trinajstić information content (AvgIpc) is 3.05. The zero-order chi connectivity index (χ0) is 18.0. The summed E-state index contributed by atoms with van der Waals surface area (Å²) < 4.78 is 1.95. The van der Waals surface area contributed by atoms with Crippen LogP contribution in [-0.4, -0.2) is 51.3 Å². The van der Waals surface area contributed by atoms with Crippen LogP contribution < -0.4 is 4.90 Å². The van der Waals surface area contributed by atoms with Crippen molar-refractivity contribution in [1.82, 2.24) is 25.1 Å². The molecule has 0 amide bonds. The van der Waals surface area contributed by atoms with Crippen LogP contribution in [0.3, 0.4) is 0 Å². The number of piperazine rings is 1. The van der Waals surface area contributed by atoms with E-state index in [0.717, 1.165) is 37.0 Å². The third kappa shape index (κ3) is 3.96. The van der Waals surface area contributed by atoms with E-state index in [4.69, 9.17) is 11.6 Å². The SMILES string of the molecule is CC(C)[C@@H](c1nnnn1C(C)C)N1CCN(c2cccc(Cl)c2)CC1. The molecule has 2 heterocycles. The molecule has 1 saturated heterocycles. The summed E-state index contributed by atoms with van der Waals surface area (Å²) in [7, 11) is 0. The molecule has 0 radical (unpaired) electrons. The van der Waals surface area contributed by atoms with Gasteiger partial charge in [0.05, 0.1) is 12.1 Å². The molecule has 0 N–H and O–H groups in total. The van der Waals surface area contributed by atoms with Crippen LogP contribution in [0.5, 0.6) is 0 Å². The number of nitrogens with zero attached hydrogens (tertiary/aromatic N) is 6. The van der Waals surface area contributed by atoms with E-state index in [1.807, 2.05) is 22.9 Å². The molecule has 0 saturated carbocycles. The second-order valence-electron chi connectivity index (χ2n) is 7.27. The molecule has 0 spiro atoms. The molecule has 1 aromatic carbocycles. The van der Waals surface area contributed by atoms with Gasteiger partial charge in [-0.1, -0.05) is 31.5 Å². The molecule has 1 fully saturated rings. The second kappa shape index (κ2) is 7.70. The largest absolute Gasteiger partial charge is 0.369 e. The van der Waals surface area contributed by atoms with Gasteiger partial charge in [0, 0.05) is 36.9 Å². The normalized spacial score (nSPS) is 17.5. The van der Waals surface area contributed by atoms with Crippen molar-refractivity contribution < 1.29 is 0 Å². The number of hydrogen-bond acceptors (Lipinski definition) is 5. The van der Waals surface area contributed by atoms with Crippen molar-refractivity contribution in [1.29, 1.82) is 0 Å². The van der Waals surface area contributed by atoms with Gasteiger partial charge in [-0.2, -0.15) is 0 Å². The van der Waals surface area contributed by atoms with E-state index in [2.05, 4.69) is 59.1 Å². The van der Waals surface area contributed by atoms with Crippen LogP contribution in [-0.2, 0) is 0 Å². The number of benzene rings is 1. The minimum atomic E-state index is 0.235. The van der Waals surface area contributed by atoms with E-state index in [1.165, 1.54) is 5.69 Å². The summed E-state index contributed by atoms with van der Waals surface area (Å²) in [6.07, 6.45) is 0. The molecule has 136 valence electrons. The fourth-order valence-electron chi connectivity index (χ4n) is 3.58. The fourth-order valence-corrected chi connectivity index (χ4v) is 3.76. The number of halogens is 1. The summed E-state index contributed by atoms with van der Waals surface area (Å²) in [5.41, 5.74) is 1.19. The highest BCUT2D eigenvalue weighted by molar-refractivity contribution is 6.30. The Morgan fingerprint density at radius 1 is 1.04 bits per heavy atom. The Morgan fingerprint density at radius 3 is 2.36 bits per heavy atom. The van der Waals surface area contributed by atoms with Gasteiger partial charge >= 0.3 is 0 Å². The van der Waals surface area contributed by atoms with Gasteiger partial charge in [0.2, 0.25) is 0 Å². The summed E-state index contributed by atoms with van der Waals surface area (Å²) in [6, 6.07) is 8.59. The molecule has 1 atom stereocenters. The molecule has 0 unspecified atom stereocenters. The molecular formula is C18H27ClN6. The van der Waals surface area contributed by atoms with Crippen LogP contribution in [0.4, 0.5) is 5.69 Å². The number of rotatable bonds is 5. The van der Waals surface area contributed by atoms with Crippen LogP contribution in [0.25, 0.3) is 0 Å². The molecule has 0 bridgehead atoms. The number of tetrazole rings is 1. The lowest BCUT2D eigenvalue weighted by atomic mass is 10.0. The van der Waals surface area contributed by atoms with E-state index in [9.17, 15) is 0 Å². The van der Waals surface area contributed by atoms with Crippen molar-refractivity contribution in [3.63, 3.8) is 0 Å². The van der Waals surface area contributed by atoms with E-state index in [0.29, 0.717) is 5.92 Å². The second-order valence-corrected chi connectivity index (χ2v) is 7.70. The Kier molecular flexibility index (Phi) is 5.59. The van der Waals surface area contributed by atoms with E-state index in [1.54, 1.807) is 0 Å².